The van der Waals surface area contributed by atoms with Crippen LogP contribution in [0.3, 0.4) is 0 Å². The van der Waals surface area contributed by atoms with Crippen LogP contribution in [-0.2, 0) is 6.54 Å². The van der Waals surface area contributed by atoms with Crippen molar-refractivity contribution >= 4 is 11.3 Å². The van der Waals surface area contributed by atoms with E-state index in [4.69, 9.17) is 5.11 Å². The number of hydrogen-bond acceptors (Lipinski definition) is 3. The maximum absolute atomic E-state index is 8.69. The van der Waals surface area contributed by atoms with E-state index in [9.17, 15) is 0 Å². The standard InChI is InChI=1S/C13H17NOS/c1-11-4-6-14(9-11)10-13-12(3-2-7-15)5-8-16-13/h5,8,11,15H,4,6-7,9-10H2,1H3. The molecule has 1 N–H and O–H groups in total. The van der Waals surface area contributed by atoms with Gasteiger partial charge in [0.25, 0.3) is 0 Å². The summed E-state index contributed by atoms with van der Waals surface area (Å²) in [5, 5.41) is 10.8. The number of likely N-dealkylation sites (tertiary alicyclic amines) is 1. The molecule has 1 saturated heterocycles. The molecule has 2 rings (SSSR count). The zero-order valence-electron chi connectivity index (χ0n) is 9.57. The van der Waals surface area contributed by atoms with Crippen LogP contribution in [-0.4, -0.2) is 29.7 Å². The minimum Gasteiger partial charge on any atom is -0.384 e. The molecule has 3 heteroatoms. The number of hydrogen-bond donors (Lipinski definition) is 1. The summed E-state index contributed by atoms with van der Waals surface area (Å²) in [4.78, 5) is 3.82. The summed E-state index contributed by atoms with van der Waals surface area (Å²) in [6.45, 7) is 5.66. The fourth-order valence-electron chi connectivity index (χ4n) is 2.08. The minimum absolute atomic E-state index is 0.0595. The average Bonchev–Trinajstić information content (AvgIpc) is 2.86. The van der Waals surface area contributed by atoms with Gasteiger partial charge < -0.3 is 5.11 Å². The van der Waals surface area contributed by atoms with E-state index in [0.29, 0.717) is 0 Å². The maximum Gasteiger partial charge on any atom is 0.104 e. The zero-order valence-corrected chi connectivity index (χ0v) is 10.4. The van der Waals surface area contributed by atoms with Crippen LogP contribution in [0.5, 0.6) is 0 Å². The number of thiophene rings is 1. The van der Waals surface area contributed by atoms with Gasteiger partial charge in [-0.15, -0.1) is 11.3 Å². The third kappa shape index (κ3) is 2.85. The SMILES string of the molecule is CC1CCN(Cc2sccc2C#CCO)C1. The van der Waals surface area contributed by atoms with Gasteiger partial charge in [-0.2, -0.15) is 0 Å². The summed E-state index contributed by atoms with van der Waals surface area (Å²) < 4.78 is 0. The molecule has 0 aromatic carbocycles. The Balaban J connectivity index is 2.01. The van der Waals surface area contributed by atoms with Gasteiger partial charge in [0.15, 0.2) is 0 Å². The number of aliphatic hydroxyl groups excluding tert-OH is 1. The monoisotopic (exact) mass is 235 g/mol. The number of rotatable bonds is 2. The van der Waals surface area contributed by atoms with Crippen molar-refractivity contribution < 1.29 is 5.11 Å². The van der Waals surface area contributed by atoms with Gasteiger partial charge >= 0.3 is 0 Å². The van der Waals surface area contributed by atoms with E-state index < -0.39 is 0 Å². The second-order valence-corrected chi connectivity index (χ2v) is 5.35. The molecule has 1 aliphatic rings. The van der Waals surface area contributed by atoms with Gasteiger partial charge in [0.05, 0.1) is 0 Å². The van der Waals surface area contributed by atoms with Crippen LogP contribution < -0.4 is 0 Å². The zero-order chi connectivity index (χ0) is 11.4. The lowest BCUT2D eigenvalue weighted by Gasteiger charge is -2.14. The molecule has 2 heterocycles. The van der Waals surface area contributed by atoms with Crippen LogP contribution in [0.4, 0.5) is 0 Å². The van der Waals surface area contributed by atoms with E-state index in [2.05, 4.69) is 29.0 Å². The second kappa shape index (κ2) is 5.49. The largest absolute Gasteiger partial charge is 0.384 e. The smallest absolute Gasteiger partial charge is 0.104 e. The molecule has 2 nitrogen and oxygen atoms in total. The normalized spacial score (nSPS) is 20.8. The van der Waals surface area contributed by atoms with E-state index in [0.717, 1.165) is 18.0 Å². The lowest BCUT2D eigenvalue weighted by Crippen LogP contribution is -2.19. The first kappa shape index (κ1) is 11.7. The lowest BCUT2D eigenvalue weighted by atomic mass is 10.2. The molecule has 1 unspecified atom stereocenters. The predicted octanol–water partition coefficient (Wildman–Crippen LogP) is 1.93. The molecule has 1 atom stereocenters. The molecule has 1 aliphatic heterocycles. The van der Waals surface area contributed by atoms with Gasteiger partial charge in [0.2, 0.25) is 0 Å². The van der Waals surface area contributed by atoms with Gasteiger partial charge in [-0.25, -0.2) is 0 Å². The van der Waals surface area contributed by atoms with Crippen molar-refractivity contribution in [1.82, 2.24) is 4.90 Å². The minimum atomic E-state index is -0.0595. The van der Waals surface area contributed by atoms with Crippen LogP contribution in [0.15, 0.2) is 11.4 Å². The molecular formula is C13H17NOS. The molecule has 16 heavy (non-hydrogen) atoms. The lowest BCUT2D eigenvalue weighted by molar-refractivity contribution is 0.323. The molecule has 0 bridgehead atoms. The molecule has 1 aromatic heterocycles. The Morgan fingerprint density at radius 2 is 2.50 bits per heavy atom. The molecule has 1 aromatic rings. The third-order valence-electron chi connectivity index (χ3n) is 2.92. The Morgan fingerprint density at radius 3 is 3.19 bits per heavy atom. The molecule has 0 aliphatic carbocycles. The van der Waals surface area contributed by atoms with Crippen molar-refractivity contribution in [3.63, 3.8) is 0 Å². The molecule has 0 radical (unpaired) electrons. The first-order valence-electron chi connectivity index (χ1n) is 5.68. The van der Waals surface area contributed by atoms with Crippen molar-refractivity contribution in [2.24, 2.45) is 5.92 Å². The summed E-state index contributed by atoms with van der Waals surface area (Å²) >= 11 is 1.76. The predicted molar refractivity (Wildman–Crippen MR) is 67.3 cm³/mol. The third-order valence-corrected chi connectivity index (χ3v) is 3.83. The van der Waals surface area contributed by atoms with Gasteiger partial charge in [-0.3, -0.25) is 4.90 Å². The Labute approximate surface area is 101 Å². The quantitative estimate of drug-likeness (QED) is 0.792. The molecule has 0 amide bonds. The van der Waals surface area contributed by atoms with Gasteiger partial charge in [0, 0.05) is 23.5 Å². The fourth-order valence-corrected chi connectivity index (χ4v) is 2.95. The Bertz CT molecular complexity index is 402. The summed E-state index contributed by atoms with van der Waals surface area (Å²) in [5.74, 6) is 6.56. The summed E-state index contributed by atoms with van der Waals surface area (Å²) in [7, 11) is 0. The van der Waals surface area contributed by atoms with Gasteiger partial charge in [0.1, 0.15) is 6.61 Å². The van der Waals surface area contributed by atoms with Crippen molar-refractivity contribution in [3.8, 4) is 11.8 Å². The summed E-state index contributed by atoms with van der Waals surface area (Å²) in [5.41, 5.74) is 1.08. The van der Waals surface area contributed by atoms with E-state index >= 15 is 0 Å². The highest BCUT2D eigenvalue weighted by molar-refractivity contribution is 7.10. The van der Waals surface area contributed by atoms with Crippen LogP contribution in [0.2, 0.25) is 0 Å². The number of aliphatic hydroxyl groups is 1. The summed E-state index contributed by atoms with van der Waals surface area (Å²) in [6.07, 6.45) is 1.31. The van der Waals surface area contributed by atoms with Crippen molar-refractivity contribution in [3.05, 3.63) is 21.9 Å². The molecule has 1 fully saturated rings. The maximum atomic E-state index is 8.69. The first-order valence-corrected chi connectivity index (χ1v) is 6.56. The van der Waals surface area contributed by atoms with Crippen molar-refractivity contribution in [1.29, 1.82) is 0 Å². The molecule has 0 spiro atoms. The van der Waals surface area contributed by atoms with Gasteiger partial charge in [-0.1, -0.05) is 18.8 Å². The van der Waals surface area contributed by atoms with Crippen molar-refractivity contribution in [2.75, 3.05) is 19.7 Å². The molecular weight excluding hydrogens is 218 g/mol. The van der Waals surface area contributed by atoms with Gasteiger partial charge in [-0.05, 0) is 30.3 Å². The van der Waals surface area contributed by atoms with Crippen molar-refractivity contribution in [2.45, 2.75) is 19.9 Å². The highest BCUT2D eigenvalue weighted by Gasteiger charge is 2.19. The van der Waals surface area contributed by atoms with Crippen LogP contribution in [0, 0.1) is 17.8 Å². The number of nitrogens with zero attached hydrogens (tertiary/aromatic N) is 1. The van der Waals surface area contributed by atoms with Crippen LogP contribution >= 0.6 is 11.3 Å². The van der Waals surface area contributed by atoms with E-state index in [1.165, 1.54) is 24.4 Å². The average molecular weight is 235 g/mol. The highest BCUT2D eigenvalue weighted by atomic mass is 32.1. The molecule has 0 saturated carbocycles. The summed E-state index contributed by atoms with van der Waals surface area (Å²) in [6, 6.07) is 2.04. The first-order chi connectivity index (χ1) is 7.79. The topological polar surface area (TPSA) is 23.5 Å². The Morgan fingerprint density at radius 1 is 1.62 bits per heavy atom. The Hall–Kier alpha value is -0.820. The van der Waals surface area contributed by atoms with Crippen LogP contribution in [0.25, 0.3) is 0 Å². The fraction of sp³-hybridized carbons (Fsp3) is 0.538. The highest BCUT2D eigenvalue weighted by Crippen LogP contribution is 2.22. The van der Waals surface area contributed by atoms with E-state index in [1.54, 1.807) is 11.3 Å². The van der Waals surface area contributed by atoms with E-state index in [-0.39, 0.29) is 6.61 Å². The van der Waals surface area contributed by atoms with Crippen LogP contribution in [0.1, 0.15) is 23.8 Å². The Kier molecular flexibility index (Phi) is 4.00. The second-order valence-electron chi connectivity index (χ2n) is 4.35. The molecule has 86 valence electrons. The van der Waals surface area contributed by atoms with E-state index in [1.807, 2.05) is 6.07 Å².